The molecule has 0 aliphatic carbocycles. The average molecular weight is 375 g/mol. The molecular formula is C23H34O4. The molecule has 0 saturated carbocycles. The number of aliphatic hydroxyl groups excluding tert-OH is 2. The van der Waals surface area contributed by atoms with Gasteiger partial charge in [0.25, 0.3) is 0 Å². The first-order valence-corrected chi connectivity index (χ1v) is 10.0. The van der Waals surface area contributed by atoms with Gasteiger partial charge in [0, 0.05) is 6.42 Å². The van der Waals surface area contributed by atoms with Crippen molar-refractivity contribution >= 4 is 12.0 Å². The van der Waals surface area contributed by atoms with E-state index in [-0.39, 0.29) is 6.42 Å². The number of hydrogen-bond donors (Lipinski definition) is 3. The highest BCUT2D eigenvalue weighted by atomic mass is 16.4. The van der Waals surface area contributed by atoms with Crippen molar-refractivity contribution in [3.05, 3.63) is 53.6 Å². The molecule has 4 nitrogen and oxygen atoms in total. The molecule has 1 aromatic rings. The first-order valence-electron chi connectivity index (χ1n) is 10.0. The molecule has 0 heterocycles. The fourth-order valence-corrected chi connectivity index (χ4v) is 2.85. The molecule has 0 radical (unpaired) electrons. The standard InChI is InChI=1S/C23H34O4/c1-2-3-4-5-6-7-12-21(24)16-15-19-10-8-11-20(17-19)18-22(25)13-9-14-23(26)27/h6-8,10-11,15-17,21-22,24-25H,2-5,9,12-14,18H2,1H3,(H,26,27). The van der Waals surface area contributed by atoms with Crippen LogP contribution in [0.4, 0.5) is 0 Å². The van der Waals surface area contributed by atoms with Crippen molar-refractivity contribution in [3.8, 4) is 0 Å². The fraction of sp³-hybridized carbons (Fsp3) is 0.522. The van der Waals surface area contributed by atoms with Gasteiger partial charge >= 0.3 is 5.97 Å². The topological polar surface area (TPSA) is 77.8 Å². The Morgan fingerprint density at radius 1 is 1.15 bits per heavy atom. The summed E-state index contributed by atoms with van der Waals surface area (Å²) in [5.74, 6) is -0.830. The predicted molar refractivity (Wildman–Crippen MR) is 111 cm³/mol. The Kier molecular flexibility index (Phi) is 12.2. The van der Waals surface area contributed by atoms with Crippen LogP contribution in [0.3, 0.4) is 0 Å². The molecule has 0 spiro atoms. The number of hydrogen-bond acceptors (Lipinski definition) is 3. The number of aliphatic hydroxyl groups is 2. The van der Waals surface area contributed by atoms with Crippen LogP contribution in [0, 0.1) is 0 Å². The van der Waals surface area contributed by atoms with Gasteiger partial charge in [-0.05, 0) is 49.7 Å². The highest BCUT2D eigenvalue weighted by molar-refractivity contribution is 5.66. The van der Waals surface area contributed by atoms with Gasteiger partial charge in [-0.1, -0.05) is 68.3 Å². The van der Waals surface area contributed by atoms with Gasteiger partial charge in [0.1, 0.15) is 0 Å². The van der Waals surface area contributed by atoms with Crippen molar-refractivity contribution < 1.29 is 20.1 Å². The van der Waals surface area contributed by atoms with E-state index in [9.17, 15) is 15.0 Å². The molecule has 0 aromatic heterocycles. The molecular weight excluding hydrogens is 340 g/mol. The van der Waals surface area contributed by atoms with Gasteiger partial charge < -0.3 is 15.3 Å². The molecule has 2 atom stereocenters. The van der Waals surface area contributed by atoms with Gasteiger partial charge in [-0.25, -0.2) is 0 Å². The summed E-state index contributed by atoms with van der Waals surface area (Å²) in [4.78, 5) is 10.5. The summed E-state index contributed by atoms with van der Waals surface area (Å²) >= 11 is 0. The molecule has 4 heteroatoms. The Morgan fingerprint density at radius 3 is 2.70 bits per heavy atom. The smallest absolute Gasteiger partial charge is 0.303 e. The second-order valence-electron chi connectivity index (χ2n) is 7.02. The van der Waals surface area contributed by atoms with E-state index in [0.717, 1.165) is 17.5 Å². The minimum atomic E-state index is -0.830. The van der Waals surface area contributed by atoms with Crippen LogP contribution >= 0.6 is 0 Å². The maximum absolute atomic E-state index is 10.5. The number of carboxylic acid groups (broad SMARTS) is 1. The number of carboxylic acids is 1. The molecule has 0 aliphatic rings. The quantitative estimate of drug-likeness (QED) is 0.324. The van der Waals surface area contributed by atoms with Crippen LogP contribution in [0.5, 0.6) is 0 Å². The van der Waals surface area contributed by atoms with E-state index in [1.54, 1.807) is 6.08 Å². The zero-order valence-corrected chi connectivity index (χ0v) is 16.4. The average Bonchev–Trinajstić information content (AvgIpc) is 2.63. The second kappa shape index (κ2) is 14.2. The third kappa shape index (κ3) is 12.2. The second-order valence-corrected chi connectivity index (χ2v) is 7.02. The highest BCUT2D eigenvalue weighted by Gasteiger charge is 2.07. The Hall–Kier alpha value is -1.91. The van der Waals surface area contributed by atoms with E-state index < -0.39 is 18.2 Å². The predicted octanol–water partition coefficient (Wildman–Crippen LogP) is 4.75. The lowest BCUT2D eigenvalue weighted by Gasteiger charge is -2.10. The van der Waals surface area contributed by atoms with Crippen LogP contribution in [-0.2, 0) is 11.2 Å². The Morgan fingerprint density at radius 2 is 1.96 bits per heavy atom. The fourth-order valence-electron chi connectivity index (χ4n) is 2.85. The first kappa shape index (κ1) is 23.1. The van der Waals surface area contributed by atoms with Gasteiger partial charge in [-0.2, -0.15) is 0 Å². The Labute approximate surface area is 163 Å². The molecule has 150 valence electrons. The lowest BCUT2D eigenvalue weighted by Crippen LogP contribution is -2.11. The largest absolute Gasteiger partial charge is 0.481 e. The number of benzene rings is 1. The zero-order valence-electron chi connectivity index (χ0n) is 16.4. The number of aliphatic carboxylic acids is 1. The maximum atomic E-state index is 10.5. The third-order valence-electron chi connectivity index (χ3n) is 4.38. The van der Waals surface area contributed by atoms with E-state index in [1.165, 1.54) is 19.3 Å². The molecule has 0 amide bonds. The lowest BCUT2D eigenvalue weighted by molar-refractivity contribution is -0.137. The monoisotopic (exact) mass is 374 g/mol. The zero-order chi connectivity index (χ0) is 19.9. The van der Waals surface area contributed by atoms with E-state index in [4.69, 9.17) is 5.11 Å². The van der Waals surface area contributed by atoms with Crippen molar-refractivity contribution in [1.82, 2.24) is 0 Å². The minimum absolute atomic E-state index is 0.0881. The lowest BCUT2D eigenvalue weighted by atomic mass is 10.0. The van der Waals surface area contributed by atoms with Crippen LogP contribution in [0.15, 0.2) is 42.5 Å². The van der Waals surface area contributed by atoms with Crippen molar-refractivity contribution in [3.63, 3.8) is 0 Å². The summed E-state index contributed by atoms with van der Waals surface area (Å²) < 4.78 is 0. The SMILES string of the molecule is CCCCCC=CCC(O)C=Cc1cccc(CC(O)CCCC(=O)O)c1. The number of allylic oxidation sites excluding steroid dienone is 1. The molecule has 0 aliphatic heterocycles. The van der Waals surface area contributed by atoms with Gasteiger partial charge in [-0.3, -0.25) is 4.79 Å². The molecule has 2 unspecified atom stereocenters. The summed E-state index contributed by atoms with van der Waals surface area (Å²) in [5, 5.41) is 28.7. The van der Waals surface area contributed by atoms with Crippen molar-refractivity contribution in [2.45, 2.75) is 76.9 Å². The van der Waals surface area contributed by atoms with Crippen molar-refractivity contribution in [2.75, 3.05) is 0 Å². The number of rotatable bonds is 14. The minimum Gasteiger partial charge on any atom is -0.481 e. The third-order valence-corrected chi connectivity index (χ3v) is 4.38. The number of unbranched alkanes of at least 4 members (excludes halogenated alkanes) is 3. The maximum Gasteiger partial charge on any atom is 0.303 e. The summed E-state index contributed by atoms with van der Waals surface area (Å²) in [5.41, 5.74) is 1.99. The summed E-state index contributed by atoms with van der Waals surface area (Å²) in [6, 6.07) is 7.83. The molecule has 0 saturated heterocycles. The van der Waals surface area contributed by atoms with E-state index in [2.05, 4.69) is 13.0 Å². The molecule has 0 fully saturated rings. The summed E-state index contributed by atoms with van der Waals surface area (Å²) in [6.45, 7) is 2.19. The molecule has 3 N–H and O–H groups in total. The Balaban J connectivity index is 2.41. The number of carbonyl (C=O) groups is 1. The van der Waals surface area contributed by atoms with Gasteiger partial charge in [0.2, 0.25) is 0 Å². The van der Waals surface area contributed by atoms with E-state index in [0.29, 0.717) is 25.7 Å². The normalized spacial score (nSPS) is 14.0. The summed E-state index contributed by atoms with van der Waals surface area (Å²) in [6.07, 6.45) is 13.7. The molecule has 27 heavy (non-hydrogen) atoms. The molecule has 1 rings (SSSR count). The van der Waals surface area contributed by atoms with Gasteiger partial charge in [0.15, 0.2) is 0 Å². The van der Waals surface area contributed by atoms with Crippen molar-refractivity contribution in [2.24, 2.45) is 0 Å². The summed E-state index contributed by atoms with van der Waals surface area (Å²) in [7, 11) is 0. The van der Waals surface area contributed by atoms with Gasteiger partial charge in [0.05, 0.1) is 12.2 Å². The Bertz CT molecular complexity index is 592. The van der Waals surface area contributed by atoms with Gasteiger partial charge in [-0.15, -0.1) is 0 Å². The van der Waals surface area contributed by atoms with Crippen LogP contribution in [0.2, 0.25) is 0 Å². The first-order chi connectivity index (χ1) is 13.0. The highest BCUT2D eigenvalue weighted by Crippen LogP contribution is 2.13. The van der Waals surface area contributed by atoms with Crippen molar-refractivity contribution in [1.29, 1.82) is 0 Å². The van der Waals surface area contributed by atoms with Crippen LogP contribution < -0.4 is 0 Å². The van der Waals surface area contributed by atoms with Crippen LogP contribution in [-0.4, -0.2) is 33.5 Å². The van der Waals surface area contributed by atoms with E-state index in [1.807, 2.05) is 36.4 Å². The van der Waals surface area contributed by atoms with E-state index >= 15 is 0 Å². The molecule has 1 aromatic carbocycles. The van der Waals surface area contributed by atoms with Crippen LogP contribution in [0.1, 0.15) is 69.4 Å². The molecule has 0 bridgehead atoms. The van der Waals surface area contributed by atoms with Crippen LogP contribution in [0.25, 0.3) is 6.08 Å².